The van der Waals surface area contributed by atoms with Crippen LogP contribution in [0.2, 0.25) is 0 Å². The van der Waals surface area contributed by atoms with Crippen molar-refractivity contribution in [3.63, 3.8) is 0 Å². The number of carbonyl (C=O) groups excluding carboxylic acids is 1. The average molecular weight is 375 g/mol. The van der Waals surface area contributed by atoms with Gasteiger partial charge in [0.2, 0.25) is 5.91 Å². The molecule has 3 rings (SSSR count). The third-order valence-corrected chi connectivity index (χ3v) is 6.51. The first-order valence-electron chi connectivity index (χ1n) is 10.0. The Labute approximate surface area is 162 Å². The molecule has 2 fully saturated rings. The Kier molecular flexibility index (Phi) is 6.21. The fourth-order valence-corrected chi connectivity index (χ4v) is 4.55. The second-order valence-corrected chi connectivity index (χ2v) is 8.31. The van der Waals surface area contributed by atoms with Gasteiger partial charge in [0.15, 0.2) is 0 Å². The van der Waals surface area contributed by atoms with Gasteiger partial charge in [-0.2, -0.15) is 0 Å². The fraction of sp³-hybridized carbons (Fsp3) is 0.667. The molecular formula is C21H34N4O2. The van der Waals surface area contributed by atoms with Crippen molar-refractivity contribution < 1.29 is 9.90 Å². The molecule has 0 saturated carbocycles. The molecule has 0 radical (unpaired) electrons. The number of aliphatic hydroxyl groups is 1. The quantitative estimate of drug-likeness (QED) is 0.743. The van der Waals surface area contributed by atoms with Crippen LogP contribution in [0.25, 0.3) is 0 Å². The molecule has 2 heterocycles. The number of nitrogens with one attached hydrogen (secondary N) is 2. The highest BCUT2D eigenvalue weighted by atomic mass is 16.3. The predicted molar refractivity (Wildman–Crippen MR) is 109 cm³/mol. The van der Waals surface area contributed by atoms with Crippen LogP contribution in [0.1, 0.15) is 30.4 Å². The summed E-state index contributed by atoms with van der Waals surface area (Å²) in [5.41, 5.74) is 2.59. The number of hydrogen-bond donors (Lipinski definition) is 3. The Morgan fingerprint density at radius 1 is 1.26 bits per heavy atom. The molecule has 27 heavy (non-hydrogen) atoms. The molecule has 0 aliphatic carbocycles. The Hall–Kier alpha value is -1.47. The van der Waals surface area contributed by atoms with Crippen molar-refractivity contribution in [3.05, 3.63) is 29.3 Å². The second kappa shape index (κ2) is 8.27. The van der Waals surface area contributed by atoms with Crippen molar-refractivity contribution >= 4 is 11.6 Å². The van der Waals surface area contributed by atoms with E-state index in [0.717, 1.165) is 62.3 Å². The number of amides is 1. The van der Waals surface area contributed by atoms with E-state index in [9.17, 15) is 9.90 Å². The summed E-state index contributed by atoms with van der Waals surface area (Å²) in [6, 6.07) is 6.24. The molecule has 0 unspecified atom stereocenters. The van der Waals surface area contributed by atoms with Gasteiger partial charge in [-0.3, -0.25) is 14.6 Å². The van der Waals surface area contributed by atoms with Crippen LogP contribution in [-0.2, 0) is 4.79 Å². The lowest BCUT2D eigenvalue weighted by Crippen LogP contribution is -2.63. The molecule has 2 aliphatic heterocycles. The monoisotopic (exact) mass is 374 g/mol. The van der Waals surface area contributed by atoms with Crippen molar-refractivity contribution in [1.82, 2.24) is 15.1 Å². The third kappa shape index (κ3) is 4.04. The maximum Gasteiger partial charge on any atom is 0.244 e. The van der Waals surface area contributed by atoms with Gasteiger partial charge in [0.1, 0.15) is 5.54 Å². The summed E-state index contributed by atoms with van der Waals surface area (Å²) in [7, 11) is 3.99. The van der Waals surface area contributed by atoms with E-state index in [-0.39, 0.29) is 18.1 Å². The van der Waals surface area contributed by atoms with Gasteiger partial charge in [-0.15, -0.1) is 0 Å². The van der Waals surface area contributed by atoms with Crippen LogP contribution in [0.5, 0.6) is 0 Å². The van der Waals surface area contributed by atoms with Gasteiger partial charge in [-0.25, -0.2) is 0 Å². The smallest absolute Gasteiger partial charge is 0.244 e. The van der Waals surface area contributed by atoms with Gasteiger partial charge in [0.25, 0.3) is 0 Å². The number of likely N-dealkylation sites (N-methyl/N-ethyl adjacent to an activating group) is 1. The predicted octanol–water partition coefficient (Wildman–Crippen LogP) is 1.36. The van der Waals surface area contributed by atoms with Crippen LogP contribution in [-0.4, -0.2) is 78.8 Å². The minimum absolute atomic E-state index is 0.0758. The number of likely N-dealkylation sites (tertiary alicyclic amines) is 1. The van der Waals surface area contributed by atoms with Crippen molar-refractivity contribution in [1.29, 1.82) is 0 Å². The summed E-state index contributed by atoms with van der Waals surface area (Å²) in [5.74, 6) is 0.0758. The lowest BCUT2D eigenvalue weighted by Gasteiger charge is -2.48. The fourth-order valence-electron chi connectivity index (χ4n) is 4.55. The maximum absolute atomic E-state index is 13.3. The minimum atomic E-state index is -0.516. The first-order valence-corrected chi connectivity index (χ1v) is 10.0. The van der Waals surface area contributed by atoms with Gasteiger partial charge in [0.05, 0.1) is 6.10 Å². The third-order valence-electron chi connectivity index (χ3n) is 6.51. The zero-order valence-corrected chi connectivity index (χ0v) is 17.1. The summed E-state index contributed by atoms with van der Waals surface area (Å²) in [6.45, 7) is 7.41. The number of anilines is 1. The molecule has 2 saturated heterocycles. The Balaban J connectivity index is 1.73. The maximum atomic E-state index is 13.3. The number of nitrogens with zero attached hydrogens (tertiary/aromatic N) is 2. The molecule has 0 spiro atoms. The highest BCUT2D eigenvalue weighted by molar-refractivity contribution is 5.99. The lowest BCUT2D eigenvalue weighted by atomic mass is 9.83. The van der Waals surface area contributed by atoms with E-state index in [1.807, 2.05) is 46.1 Å². The van der Waals surface area contributed by atoms with Crippen LogP contribution >= 0.6 is 0 Å². The highest BCUT2D eigenvalue weighted by Crippen LogP contribution is 2.31. The standard InChI is InChI=1S/C21H34N4O2/c1-15-6-5-7-16(2)19(15)23-20(27)21(24(3)4)9-12-25(13-10-21)17-14-22-11-8-18(17)26/h5-7,17-18,22,26H,8-14H2,1-4H3,(H,23,27)/t17-,18-/m0/s1. The number of piperidine rings is 2. The molecule has 2 aliphatic rings. The lowest BCUT2D eigenvalue weighted by molar-refractivity contribution is -0.130. The molecule has 1 aromatic rings. The summed E-state index contributed by atoms with van der Waals surface area (Å²) in [6.07, 6.45) is 2.05. The summed E-state index contributed by atoms with van der Waals surface area (Å²) in [4.78, 5) is 17.8. The normalized spacial score (nSPS) is 26.1. The van der Waals surface area contributed by atoms with Crippen molar-refractivity contribution in [2.24, 2.45) is 0 Å². The number of carbonyl (C=O) groups is 1. The minimum Gasteiger partial charge on any atom is -0.391 e. The molecule has 2 atom stereocenters. The van der Waals surface area contributed by atoms with Crippen molar-refractivity contribution in [3.8, 4) is 0 Å². The molecule has 3 N–H and O–H groups in total. The average Bonchev–Trinajstić information content (AvgIpc) is 2.65. The van der Waals surface area contributed by atoms with E-state index in [0.29, 0.717) is 0 Å². The van der Waals surface area contributed by atoms with Crippen molar-refractivity contribution in [2.45, 2.75) is 50.8 Å². The van der Waals surface area contributed by atoms with E-state index in [4.69, 9.17) is 0 Å². The summed E-state index contributed by atoms with van der Waals surface area (Å²) < 4.78 is 0. The zero-order chi connectivity index (χ0) is 19.6. The van der Waals surface area contributed by atoms with Crippen LogP contribution in [0.3, 0.4) is 0 Å². The van der Waals surface area contributed by atoms with E-state index in [1.165, 1.54) is 0 Å². The van der Waals surface area contributed by atoms with Gasteiger partial charge >= 0.3 is 0 Å². The molecule has 6 nitrogen and oxygen atoms in total. The molecule has 1 aromatic carbocycles. The van der Waals surface area contributed by atoms with Gasteiger partial charge in [-0.05, 0) is 64.9 Å². The highest BCUT2D eigenvalue weighted by Gasteiger charge is 2.45. The zero-order valence-electron chi connectivity index (χ0n) is 17.1. The topological polar surface area (TPSA) is 67.8 Å². The molecular weight excluding hydrogens is 340 g/mol. The van der Waals surface area contributed by atoms with Crippen molar-refractivity contribution in [2.75, 3.05) is 45.6 Å². The summed E-state index contributed by atoms with van der Waals surface area (Å²) >= 11 is 0. The van der Waals surface area contributed by atoms with Crippen LogP contribution in [0.15, 0.2) is 18.2 Å². The first-order chi connectivity index (χ1) is 12.8. The van der Waals surface area contributed by atoms with Crippen LogP contribution in [0.4, 0.5) is 5.69 Å². The number of benzene rings is 1. The number of aryl methyl sites for hydroxylation is 2. The van der Waals surface area contributed by atoms with Gasteiger partial charge in [-0.1, -0.05) is 18.2 Å². The largest absolute Gasteiger partial charge is 0.391 e. The van der Waals surface area contributed by atoms with E-state index in [2.05, 4.69) is 20.4 Å². The Morgan fingerprint density at radius 3 is 2.44 bits per heavy atom. The van der Waals surface area contributed by atoms with Crippen LogP contribution in [0, 0.1) is 13.8 Å². The SMILES string of the molecule is Cc1cccc(C)c1NC(=O)C1(N(C)C)CCN([C@H]2CNCC[C@@H]2O)CC1. The molecule has 6 heteroatoms. The second-order valence-electron chi connectivity index (χ2n) is 8.31. The van der Waals surface area contributed by atoms with E-state index in [1.54, 1.807) is 0 Å². The molecule has 150 valence electrons. The number of hydrogen-bond acceptors (Lipinski definition) is 5. The molecule has 0 aromatic heterocycles. The molecule has 0 bridgehead atoms. The Bertz CT molecular complexity index is 648. The van der Waals surface area contributed by atoms with Gasteiger partial charge < -0.3 is 15.7 Å². The van der Waals surface area contributed by atoms with Crippen LogP contribution < -0.4 is 10.6 Å². The van der Waals surface area contributed by atoms with E-state index >= 15 is 0 Å². The number of para-hydroxylation sites is 1. The van der Waals surface area contributed by atoms with E-state index < -0.39 is 5.54 Å². The molecule has 1 amide bonds. The number of rotatable bonds is 4. The number of aliphatic hydroxyl groups excluding tert-OH is 1. The summed E-state index contributed by atoms with van der Waals surface area (Å²) in [5, 5.41) is 16.9. The first kappa shape index (κ1) is 20.3. The Morgan fingerprint density at radius 2 is 1.89 bits per heavy atom. The van der Waals surface area contributed by atoms with Gasteiger partial charge in [0, 0.05) is 31.4 Å².